The van der Waals surface area contributed by atoms with E-state index >= 15 is 0 Å². The molecule has 0 aromatic heterocycles. The van der Waals surface area contributed by atoms with E-state index < -0.39 is 23.8 Å². The number of carboxylic acid groups (broad SMARTS) is 1. The molecule has 0 radical (unpaired) electrons. The Bertz CT molecular complexity index is 519. The number of aromatic hydroxyl groups is 1. The van der Waals surface area contributed by atoms with E-state index in [1.165, 1.54) is 12.1 Å². The first-order valence-corrected chi connectivity index (χ1v) is 5.04. The van der Waals surface area contributed by atoms with Gasteiger partial charge in [-0.2, -0.15) is 0 Å². The molecule has 18 heavy (non-hydrogen) atoms. The molecule has 1 rings (SSSR count). The minimum atomic E-state index is -1.25. The molecule has 0 aliphatic heterocycles. The molecule has 0 saturated heterocycles. The summed E-state index contributed by atoms with van der Waals surface area (Å²) in [6, 6.07) is 2.73. The van der Waals surface area contributed by atoms with Gasteiger partial charge >= 0.3 is 12.0 Å². The number of benzene rings is 1. The van der Waals surface area contributed by atoms with Crippen LogP contribution in [-0.2, 0) is 0 Å². The van der Waals surface area contributed by atoms with Crippen molar-refractivity contribution < 1.29 is 19.8 Å². The Labute approximate surface area is 104 Å². The van der Waals surface area contributed by atoms with E-state index in [-0.39, 0.29) is 11.3 Å². The first-order valence-electron chi connectivity index (χ1n) is 5.04. The number of carboxylic acids is 1. The van der Waals surface area contributed by atoms with E-state index in [0.29, 0.717) is 0 Å². The molecule has 0 aliphatic carbocycles. The zero-order valence-electron chi connectivity index (χ0n) is 9.60. The number of anilines is 1. The first-order chi connectivity index (χ1) is 8.43. The van der Waals surface area contributed by atoms with Crippen LogP contribution >= 0.6 is 0 Å². The molecule has 6 nitrogen and oxygen atoms in total. The zero-order valence-corrected chi connectivity index (χ0v) is 9.60. The van der Waals surface area contributed by atoms with Crippen LogP contribution in [0.3, 0.4) is 0 Å². The molecule has 0 aliphatic rings. The maximum Gasteiger partial charge on any atom is 0.339 e. The van der Waals surface area contributed by atoms with Gasteiger partial charge in [0.2, 0.25) is 0 Å². The molecule has 94 valence electrons. The van der Waals surface area contributed by atoms with E-state index in [0.717, 1.165) is 6.07 Å². The lowest BCUT2D eigenvalue weighted by Gasteiger charge is -2.10. The van der Waals surface area contributed by atoms with Crippen molar-refractivity contribution in [2.45, 2.75) is 13.0 Å². The summed E-state index contributed by atoms with van der Waals surface area (Å²) in [6.45, 7) is 1.63. The van der Waals surface area contributed by atoms with Gasteiger partial charge in [0.05, 0.1) is 6.04 Å². The highest BCUT2D eigenvalue weighted by Gasteiger charge is 2.11. The third-order valence-corrected chi connectivity index (χ3v) is 2.08. The summed E-state index contributed by atoms with van der Waals surface area (Å²) < 4.78 is 0. The van der Waals surface area contributed by atoms with Gasteiger partial charge in [-0.05, 0) is 19.1 Å². The number of terminal acetylenes is 1. The molecule has 0 fully saturated rings. The molecule has 6 heteroatoms. The van der Waals surface area contributed by atoms with Crippen molar-refractivity contribution >= 4 is 17.7 Å². The Balaban J connectivity index is 2.75. The highest BCUT2D eigenvalue weighted by molar-refractivity contribution is 5.94. The number of hydrogen-bond donors (Lipinski definition) is 4. The lowest BCUT2D eigenvalue weighted by molar-refractivity contribution is 0.0694. The summed E-state index contributed by atoms with van der Waals surface area (Å²) in [5, 5.41) is 23.0. The van der Waals surface area contributed by atoms with Gasteiger partial charge in [-0.25, -0.2) is 9.59 Å². The summed E-state index contributed by atoms with van der Waals surface area (Å²) in [5.41, 5.74) is 0.0252. The van der Waals surface area contributed by atoms with Gasteiger partial charge in [-0.3, -0.25) is 0 Å². The van der Waals surface area contributed by atoms with Crippen LogP contribution in [0.2, 0.25) is 0 Å². The maximum atomic E-state index is 11.4. The molecule has 0 bridgehead atoms. The van der Waals surface area contributed by atoms with Crippen LogP contribution in [-0.4, -0.2) is 28.3 Å². The second-order valence-corrected chi connectivity index (χ2v) is 3.52. The summed E-state index contributed by atoms with van der Waals surface area (Å²) in [4.78, 5) is 22.1. The lowest BCUT2D eigenvalue weighted by atomic mass is 10.2. The average molecular weight is 248 g/mol. The second kappa shape index (κ2) is 5.59. The molecule has 2 amide bonds. The summed E-state index contributed by atoms with van der Waals surface area (Å²) in [7, 11) is 0. The molecule has 1 atom stereocenters. The van der Waals surface area contributed by atoms with E-state index in [9.17, 15) is 14.7 Å². The Morgan fingerprint density at radius 2 is 2.11 bits per heavy atom. The quantitative estimate of drug-likeness (QED) is 0.605. The van der Waals surface area contributed by atoms with Crippen LogP contribution in [0.1, 0.15) is 17.3 Å². The topological polar surface area (TPSA) is 98.7 Å². The highest BCUT2D eigenvalue weighted by Crippen LogP contribution is 2.21. The molecule has 4 N–H and O–H groups in total. The number of carbonyl (C=O) groups is 2. The summed E-state index contributed by atoms with van der Waals surface area (Å²) >= 11 is 0. The second-order valence-electron chi connectivity index (χ2n) is 3.52. The van der Waals surface area contributed by atoms with Gasteiger partial charge in [0.25, 0.3) is 0 Å². The number of urea groups is 1. The van der Waals surface area contributed by atoms with E-state index in [4.69, 9.17) is 11.5 Å². The fourth-order valence-corrected chi connectivity index (χ4v) is 1.20. The Hall–Kier alpha value is -2.68. The van der Waals surface area contributed by atoms with Crippen molar-refractivity contribution in [3.05, 3.63) is 23.8 Å². The van der Waals surface area contributed by atoms with Crippen LogP contribution in [0.5, 0.6) is 5.75 Å². The van der Waals surface area contributed by atoms with Crippen LogP contribution in [0, 0.1) is 12.3 Å². The van der Waals surface area contributed by atoms with Crippen molar-refractivity contribution in [1.29, 1.82) is 0 Å². The third kappa shape index (κ3) is 3.42. The van der Waals surface area contributed by atoms with Gasteiger partial charge in [0, 0.05) is 11.8 Å². The van der Waals surface area contributed by atoms with Crippen LogP contribution < -0.4 is 10.6 Å². The lowest BCUT2D eigenvalue weighted by Crippen LogP contribution is -2.35. The maximum absolute atomic E-state index is 11.4. The number of aromatic carboxylic acids is 1. The Morgan fingerprint density at radius 3 is 2.61 bits per heavy atom. The van der Waals surface area contributed by atoms with Gasteiger partial charge in [-0.15, -0.1) is 6.42 Å². The summed E-state index contributed by atoms with van der Waals surface area (Å²) in [6.07, 6.45) is 5.09. The van der Waals surface area contributed by atoms with Gasteiger partial charge in [0.1, 0.15) is 11.3 Å². The van der Waals surface area contributed by atoms with E-state index in [2.05, 4.69) is 16.6 Å². The van der Waals surface area contributed by atoms with E-state index in [1.807, 2.05) is 0 Å². The first kappa shape index (κ1) is 13.4. The van der Waals surface area contributed by atoms with Crippen LogP contribution in [0.4, 0.5) is 10.5 Å². The van der Waals surface area contributed by atoms with Crippen LogP contribution in [0.25, 0.3) is 0 Å². The number of nitrogens with one attached hydrogen (secondary N) is 2. The molecule has 1 aromatic carbocycles. The molecule has 0 spiro atoms. The monoisotopic (exact) mass is 248 g/mol. The molecule has 1 aromatic rings. The number of phenols is 1. The van der Waals surface area contributed by atoms with Crippen molar-refractivity contribution in [2.24, 2.45) is 0 Å². The standard InChI is InChI=1S/C12H12N2O4/c1-3-7(2)13-12(18)14-8-4-5-9(11(16)17)10(15)6-8/h1,4-7,15H,2H3,(H,16,17)(H2,13,14,18). The third-order valence-electron chi connectivity index (χ3n) is 2.08. The number of rotatable bonds is 3. The predicted octanol–water partition coefficient (Wildman–Crippen LogP) is 1.23. The Morgan fingerprint density at radius 1 is 1.44 bits per heavy atom. The van der Waals surface area contributed by atoms with Crippen LogP contribution in [0.15, 0.2) is 18.2 Å². The SMILES string of the molecule is C#CC(C)NC(=O)Nc1ccc(C(=O)O)c(O)c1. The largest absolute Gasteiger partial charge is 0.507 e. The average Bonchev–Trinajstić information content (AvgIpc) is 2.28. The number of hydrogen-bond acceptors (Lipinski definition) is 3. The highest BCUT2D eigenvalue weighted by atomic mass is 16.4. The smallest absolute Gasteiger partial charge is 0.339 e. The molecule has 0 saturated carbocycles. The van der Waals surface area contributed by atoms with Gasteiger partial charge < -0.3 is 20.8 Å². The fraction of sp³-hybridized carbons (Fsp3) is 0.167. The Kier molecular flexibility index (Phi) is 4.16. The molecular formula is C12H12N2O4. The predicted molar refractivity (Wildman–Crippen MR) is 65.5 cm³/mol. The van der Waals surface area contributed by atoms with Crippen molar-refractivity contribution in [2.75, 3.05) is 5.32 Å². The molecule has 0 heterocycles. The normalized spacial score (nSPS) is 11.1. The van der Waals surface area contributed by atoms with Gasteiger partial charge in [-0.1, -0.05) is 5.92 Å². The van der Waals surface area contributed by atoms with Crippen molar-refractivity contribution in [3.8, 4) is 18.1 Å². The summed E-state index contributed by atoms with van der Waals surface area (Å²) in [5.74, 6) is 0.646. The number of amides is 2. The fourth-order valence-electron chi connectivity index (χ4n) is 1.20. The van der Waals surface area contributed by atoms with Gasteiger partial charge in [0.15, 0.2) is 0 Å². The van der Waals surface area contributed by atoms with Crippen molar-refractivity contribution in [1.82, 2.24) is 5.32 Å². The zero-order chi connectivity index (χ0) is 13.7. The molecule has 1 unspecified atom stereocenters. The van der Waals surface area contributed by atoms with Crippen molar-refractivity contribution in [3.63, 3.8) is 0 Å². The van der Waals surface area contributed by atoms with E-state index in [1.54, 1.807) is 6.92 Å². The molecular weight excluding hydrogens is 236 g/mol. The minimum absolute atomic E-state index is 0.238. The number of carbonyl (C=O) groups excluding carboxylic acids is 1. The minimum Gasteiger partial charge on any atom is -0.507 e.